The zero-order valence-corrected chi connectivity index (χ0v) is 13.2. The Balaban J connectivity index is 2.69. The molecule has 2 nitrogen and oxygen atoms in total. The second-order valence-electron chi connectivity index (χ2n) is 4.71. The van der Waals surface area contributed by atoms with E-state index in [-0.39, 0.29) is 0 Å². The summed E-state index contributed by atoms with van der Waals surface area (Å²) in [5, 5.41) is 3.48. The molecule has 0 saturated heterocycles. The Kier molecular flexibility index (Phi) is 7.56. The number of halogens is 1. The lowest BCUT2D eigenvalue weighted by Crippen LogP contribution is -2.28. The summed E-state index contributed by atoms with van der Waals surface area (Å²) in [4.78, 5) is 0. The topological polar surface area (TPSA) is 21.3 Å². The summed E-state index contributed by atoms with van der Waals surface area (Å²) in [6, 6.07) is 8.53. The van der Waals surface area contributed by atoms with Crippen LogP contribution in [0.4, 0.5) is 0 Å². The van der Waals surface area contributed by atoms with E-state index < -0.39 is 0 Å². The van der Waals surface area contributed by atoms with Crippen molar-refractivity contribution in [2.24, 2.45) is 5.92 Å². The molecular formula is C15H24BrNO. The van der Waals surface area contributed by atoms with Crippen molar-refractivity contribution in [3.05, 3.63) is 34.3 Å². The molecular weight excluding hydrogens is 290 g/mol. The fourth-order valence-electron chi connectivity index (χ4n) is 2.11. The number of nitrogens with one attached hydrogen (secondary N) is 1. The van der Waals surface area contributed by atoms with Crippen LogP contribution in [0, 0.1) is 5.92 Å². The minimum absolute atomic E-state index is 0.544. The molecule has 2 unspecified atom stereocenters. The first-order valence-corrected chi connectivity index (χ1v) is 7.44. The van der Waals surface area contributed by atoms with Gasteiger partial charge in [0.05, 0.1) is 6.61 Å². The molecule has 1 aromatic rings. The fourth-order valence-corrected chi connectivity index (χ4v) is 2.69. The van der Waals surface area contributed by atoms with Gasteiger partial charge in [-0.15, -0.1) is 0 Å². The highest BCUT2D eigenvalue weighted by molar-refractivity contribution is 9.10. The van der Waals surface area contributed by atoms with Crippen LogP contribution in [0.2, 0.25) is 0 Å². The highest BCUT2D eigenvalue weighted by Gasteiger charge is 2.19. The Hall–Kier alpha value is -0.380. The second kappa shape index (κ2) is 8.68. The lowest BCUT2D eigenvalue weighted by atomic mass is 9.85. The fraction of sp³-hybridized carbons (Fsp3) is 0.600. The summed E-state index contributed by atoms with van der Waals surface area (Å²) in [6.07, 6.45) is 1.19. The number of ether oxygens (including phenoxy) is 1. The zero-order valence-electron chi connectivity index (χ0n) is 11.6. The van der Waals surface area contributed by atoms with Gasteiger partial charge < -0.3 is 10.1 Å². The molecule has 0 aliphatic rings. The van der Waals surface area contributed by atoms with Crippen molar-refractivity contribution in [1.82, 2.24) is 5.32 Å². The van der Waals surface area contributed by atoms with E-state index in [1.54, 1.807) is 7.11 Å². The summed E-state index contributed by atoms with van der Waals surface area (Å²) >= 11 is 3.66. The molecule has 0 amide bonds. The van der Waals surface area contributed by atoms with Gasteiger partial charge in [-0.2, -0.15) is 0 Å². The molecule has 0 aliphatic heterocycles. The number of benzene rings is 1. The molecule has 1 N–H and O–H groups in total. The number of rotatable bonds is 8. The molecule has 0 saturated carbocycles. The lowest BCUT2D eigenvalue weighted by Gasteiger charge is -2.25. The molecule has 0 fully saturated rings. The van der Waals surface area contributed by atoms with E-state index >= 15 is 0 Å². The van der Waals surface area contributed by atoms with E-state index in [1.807, 2.05) is 0 Å². The van der Waals surface area contributed by atoms with Gasteiger partial charge in [0.25, 0.3) is 0 Å². The first-order valence-electron chi connectivity index (χ1n) is 6.64. The molecule has 0 aliphatic carbocycles. The molecule has 3 heteroatoms. The maximum absolute atomic E-state index is 5.07. The third-order valence-corrected chi connectivity index (χ3v) is 4.20. The highest BCUT2D eigenvalue weighted by Crippen LogP contribution is 2.31. The van der Waals surface area contributed by atoms with Crippen LogP contribution in [0.3, 0.4) is 0 Å². The molecule has 102 valence electrons. The Labute approximate surface area is 119 Å². The Morgan fingerprint density at radius 3 is 2.67 bits per heavy atom. The predicted octanol–water partition coefficient (Wildman–Crippen LogP) is 3.81. The quantitative estimate of drug-likeness (QED) is 0.737. The predicted molar refractivity (Wildman–Crippen MR) is 81.1 cm³/mol. The molecule has 1 rings (SSSR count). The van der Waals surface area contributed by atoms with Crippen molar-refractivity contribution in [2.75, 3.05) is 26.8 Å². The summed E-state index contributed by atoms with van der Waals surface area (Å²) in [6.45, 7) is 7.25. The maximum Gasteiger partial charge on any atom is 0.0587 e. The van der Waals surface area contributed by atoms with Crippen molar-refractivity contribution >= 4 is 15.9 Å². The molecule has 0 radical (unpaired) electrons. The van der Waals surface area contributed by atoms with Gasteiger partial charge in [0.2, 0.25) is 0 Å². The van der Waals surface area contributed by atoms with E-state index in [2.05, 4.69) is 59.4 Å². The van der Waals surface area contributed by atoms with Crippen molar-refractivity contribution in [1.29, 1.82) is 0 Å². The molecule has 18 heavy (non-hydrogen) atoms. The lowest BCUT2D eigenvalue weighted by molar-refractivity contribution is 0.198. The van der Waals surface area contributed by atoms with Gasteiger partial charge in [0, 0.05) is 30.6 Å². The molecule has 0 spiro atoms. The summed E-state index contributed by atoms with van der Waals surface area (Å²) in [5.41, 5.74) is 1.40. The molecule has 2 atom stereocenters. The number of hydrogen-bond acceptors (Lipinski definition) is 2. The van der Waals surface area contributed by atoms with Crippen LogP contribution in [0.1, 0.15) is 31.7 Å². The van der Waals surface area contributed by atoms with Gasteiger partial charge in [-0.25, -0.2) is 0 Å². The van der Waals surface area contributed by atoms with Crippen molar-refractivity contribution in [3.8, 4) is 0 Å². The van der Waals surface area contributed by atoms with Crippen LogP contribution < -0.4 is 5.32 Å². The van der Waals surface area contributed by atoms with Crippen LogP contribution in [-0.2, 0) is 4.74 Å². The van der Waals surface area contributed by atoms with E-state index in [0.717, 1.165) is 19.7 Å². The normalized spacial score (nSPS) is 14.4. The van der Waals surface area contributed by atoms with E-state index in [1.165, 1.54) is 16.5 Å². The Morgan fingerprint density at radius 2 is 2.06 bits per heavy atom. The smallest absolute Gasteiger partial charge is 0.0587 e. The van der Waals surface area contributed by atoms with Crippen LogP contribution >= 0.6 is 15.9 Å². The Bertz CT molecular complexity index is 343. The third kappa shape index (κ3) is 4.71. The Morgan fingerprint density at radius 1 is 1.33 bits per heavy atom. The minimum atomic E-state index is 0.544. The van der Waals surface area contributed by atoms with Crippen molar-refractivity contribution in [2.45, 2.75) is 26.2 Å². The summed E-state index contributed by atoms with van der Waals surface area (Å²) < 4.78 is 6.28. The molecule has 0 heterocycles. The first kappa shape index (κ1) is 15.7. The van der Waals surface area contributed by atoms with Crippen LogP contribution in [0.25, 0.3) is 0 Å². The van der Waals surface area contributed by atoms with Gasteiger partial charge in [0.1, 0.15) is 0 Å². The van der Waals surface area contributed by atoms with Gasteiger partial charge >= 0.3 is 0 Å². The van der Waals surface area contributed by atoms with Gasteiger partial charge in [0.15, 0.2) is 0 Å². The monoisotopic (exact) mass is 313 g/mol. The van der Waals surface area contributed by atoms with Crippen LogP contribution in [0.15, 0.2) is 28.7 Å². The highest BCUT2D eigenvalue weighted by atomic mass is 79.9. The summed E-state index contributed by atoms with van der Waals surface area (Å²) in [7, 11) is 1.74. The largest absolute Gasteiger partial charge is 0.383 e. The minimum Gasteiger partial charge on any atom is -0.383 e. The third-order valence-electron chi connectivity index (χ3n) is 3.48. The molecule has 1 aromatic carbocycles. The van der Waals surface area contributed by atoms with Gasteiger partial charge in [-0.1, -0.05) is 54.4 Å². The standard InChI is InChI=1S/C15H24BrNO/c1-4-12(2)14(11-17-9-10-18-3)13-7-5-6-8-15(13)16/h5-8,12,14,17H,4,9-11H2,1-3H3. The number of hydrogen-bond donors (Lipinski definition) is 1. The van der Waals surface area contributed by atoms with Gasteiger partial charge in [-0.05, 0) is 17.5 Å². The second-order valence-corrected chi connectivity index (χ2v) is 5.56. The van der Waals surface area contributed by atoms with Crippen LogP contribution in [0.5, 0.6) is 0 Å². The van der Waals surface area contributed by atoms with E-state index in [4.69, 9.17) is 4.74 Å². The average Bonchev–Trinajstić information content (AvgIpc) is 2.39. The van der Waals surface area contributed by atoms with Crippen molar-refractivity contribution in [3.63, 3.8) is 0 Å². The number of methoxy groups -OCH3 is 1. The zero-order chi connectivity index (χ0) is 13.4. The summed E-state index contributed by atoms with van der Waals surface area (Å²) in [5.74, 6) is 1.21. The molecule has 0 aromatic heterocycles. The SMILES string of the molecule is CCC(C)C(CNCCOC)c1ccccc1Br. The van der Waals surface area contributed by atoms with E-state index in [0.29, 0.717) is 11.8 Å². The van der Waals surface area contributed by atoms with E-state index in [9.17, 15) is 0 Å². The van der Waals surface area contributed by atoms with Gasteiger partial charge in [-0.3, -0.25) is 0 Å². The average molecular weight is 314 g/mol. The molecule has 0 bridgehead atoms. The first-order chi connectivity index (χ1) is 8.70. The maximum atomic E-state index is 5.07. The van der Waals surface area contributed by atoms with Crippen molar-refractivity contribution < 1.29 is 4.74 Å². The van der Waals surface area contributed by atoms with Crippen LogP contribution in [-0.4, -0.2) is 26.8 Å².